The average Bonchev–Trinajstić information content (AvgIpc) is 2.18. The fraction of sp³-hybridized carbons (Fsp3) is 0.533. The van der Waals surface area contributed by atoms with Gasteiger partial charge >= 0.3 is 0 Å². The van der Waals surface area contributed by atoms with Crippen LogP contribution in [-0.2, 0) is 11.2 Å². The summed E-state index contributed by atoms with van der Waals surface area (Å²) < 4.78 is 0. The summed E-state index contributed by atoms with van der Waals surface area (Å²) in [5.74, 6) is 0.189. The molecule has 94 valence electrons. The van der Waals surface area contributed by atoms with Crippen molar-refractivity contribution in [3.05, 3.63) is 35.4 Å². The van der Waals surface area contributed by atoms with E-state index in [1.165, 1.54) is 5.56 Å². The SMILES string of the molecule is Cc1ccccc1CC(=O)N(C)CC(C)(C)C. The summed E-state index contributed by atoms with van der Waals surface area (Å²) in [6.07, 6.45) is 0.499. The minimum Gasteiger partial charge on any atom is -0.345 e. The van der Waals surface area contributed by atoms with Crippen LogP contribution in [0.2, 0.25) is 0 Å². The van der Waals surface area contributed by atoms with Crippen molar-refractivity contribution < 1.29 is 4.79 Å². The predicted octanol–water partition coefficient (Wildman–Crippen LogP) is 3.04. The molecule has 0 spiro atoms. The molecule has 0 N–H and O–H groups in total. The molecular formula is C15H23NO. The van der Waals surface area contributed by atoms with Gasteiger partial charge in [-0.25, -0.2) is 0 Å². The Labute approximate surface area is 105 Å². The first kappa shape index (κ1) is 13.8. The molecule has 0 radical (unpaired) electrons. The summed E-state index contributed by atoms with van der Waals surface area (Å²) in [5, 5.41) is 0. The van der Waals surface area contributed by atoms with Crippen LogP contribution >= 0.6 is 0 Å². The molecule has 0 unspecified atom stereocenters. The van der Waals surface area contributed by atoms with E-state index < -0.39 is 0 Å². The van der Waals surface area contributed by atoms with Crippen LogP contribution in [0.3, 0.4) is 0 Å². The van der Waals surface area contributed by atoms with Gasteiger partial charge in [0.05, 0.1) is 6.42 Å². The second-order valence-electron chi connectivity index (χ2n) is 5.91. The van der Waals surface area contributed by atoms with Gasteiger partial charge in [-0.3, -0.25) is 4.79 Å². The number of nitrogens with zero attached hydrogens (tertiary/aromatic N) is 1. The minimum atomic E-state index is 0.149. The molecule has 0 atom stereocenters. The number of hydrogen-bond acceptors (Lipinski definition) is 1. The topological polar surface area (TPSA) is 20.3 Å². The van der Waals surface area contributed by atoms with Gasteiger partial charge in [-0.2, -0.15) is 0 Å². The van der Waals surface area contributed by atoms with E-state index in [0.29, 0.717) is 6.42 Å². The third-order valence-electron chi connectivity index (χ3n) is 2.74. The van der Waals surface area contributed by atoms with Gasteiger partial charge in [0.1, 0.15) is 0 Å². The van der Waals surface area contributed by atoms with Gasteiger partial charge in [0.2, 0.25) is 5.91 Å². The number of rotatable bonds is 3. The molecule has 1 aromatic carbocycles. The van der Waals surface area contributed by atoms with Crippen LogP contribution < -0.4 is 0 Å². The van der Waals surface area contributed by atoms with Crippen molar-refractivity contribution in [2.45, 2.75) is 34.1 Å². The second kappa shape index (κ2) is 5.35. The van der Waals surface area contributed by atoms with Crippen molar-refractivity contribution in [1.29, 1.82) is 0 Å². The predicted molar refractivity (Wildman–Crippen MR) is 72.0 cm³/mol. The van der Waals surface area contributed by atoms with Gasteiger partial charge in [-0.05, 0) is 23.5 Å². The van der Waals surface area contributed by atoms with E-state index in [0.717, 1.165) is 12.1 Å². The maximum absolute atomic E-state index is 12.1. The Bertz CT molecular complexity index is 390. The Morgan fingerprint density at radius 2 is 1.82 bits per heavy atom. The first-order valence-corrected chi connectivity index (χ1v) is 6.08. The monoisotopic (exact) mass is 233 g/mol. The van der Waals surface area contributed by atoms with E-state index in [4.69, 9.17) is 0 Å². The van der Waals surface area contributed by atoms with Crippen molar-refractivity contribution in [1.82, 2.24) is 4.90 Å². The van der Waals surface area contributed by atoms with E-state index in [2.05, 4.69) is 20.8 Å². The van der Waals surface area contributed by atoms with E-state index in [-0.39, 0.29) is 11.3 Å². The molecule has 2 heteroatoms. The van der Waals surface area contributed by atoms with Crippen molar-refractivity contribution in [3.63, 3.8) is 0 Å². The third-order valence-corrected chi connectivity index (χ3v) is 2.74. The molecule has 0 saturated heterocycles. The van der Waals surface area contributed by atoms with Crippen molar-refractivity contribution in [2.24, 2.45) is 5.41 Å². The summed E-state index contributed by atoms with van der Waals surface area (Å²) in [6, 6.07) is 8.06. The van der Waals surface area contributed by atoms with Crippen LogP contribution in [0.4, 0.5) is 0 Å². The molecule has 17 heavy (non-hydrogen) atoms. The normalized spacial score (nSPS) is 11.4. The molecule has 2 nitrogen and oxygen atoms in total. The Balaban J connectivity index is 2.64. The van der Waals surface area contributed by atoms with Gasteiger partial charge in [0.25, 0.3) is 0 Å². The van der Waals surface area contributed by atoms with Gasteiger partial charge in [-0.15, -0.1) is 0 Å². The quantitative estimate of drug-likeness (QED) is 0.786. The van der Waals surface area contributed by atoms with Crippen LogP contribution in [0.15, 0.2) is 24.3 Å². The maximum Gasteiger partial charge on any atom is 0.226 e. The zero-order valence-corrected chi connectivity index (χ0v) is 11.6. The van der Waals surface area contributed by atoms with Crippen LogP contribution in [0.1, 0.15) is 31.9 Å². The lowest BCUT2D eigenvalue weighted by atomic mass is 9.96. The number of likely N-dealkylation sites (N-methyl/N-ethyl adjacent to an activating group) is 1. The van der Waals surface area contributed by atoms with Crippen LogP contribution in [0.5, 0.6) is 0 Å². The minimum absolute atomic E-state index is 0.149. The Kier molecular flexibility index (Phi) is 4.33. The van der Waals surface area contributed by atoms with Crippen LogP contribution in [0.25, 0.3) is 0 Å². The number of amides is 1. The lowest BCUT2D eigenvalue weighted by molar-refractivity contribution is -0.130. The van der Waals surface area contributed by atoms with E-state index in [1.54, 1.807) is 0 Å². The average molecular weight is 233 g/mol. The molecule has 0 bridgehead atoms. The first-order chi connectivity index (χ1) is 7.79. The molecule has 1 amide bonds. The zero-order chi connectivity index (χ0) is 13.1. The molecule has 0 aliphatic heterocycles. The van der Waals surface area contributed by atoms with Crippen molar-refractivity contribution in [3.8, 4) is 0 Å². The first-order valence-electron chi connectivity index (χ1n) is 6.08. The summed E-state index contributed by atoms with van der Waals surface area (Å²) in [4.78, 5) is 13.9. The fourth-order valence-corrected chi connectivity index (χ4v) is 1.91. The fourth-order valence-electron chi connectivity index (χ4n) is 1.91. The maximum atomic E-state index is 12.1. The smallest absolute Gasteiger partial charge is 0.226 e. The van der Waals surface area contributed by atoms with Crippen molar-refractivity contribution in [2.75, 3.05) is 13.6 Å². The Hall–Kier alpha value is -1.31. The molecular weight excluding hydrogens is 210 g/mol. The van der Waals surface area contributed by atoms with E-state index in [9.17, 15) is 4.79 Å². The lowest BCUT2D eigenvalue weighted by Crippen LogP contribution is -2.35. The molecule has 1 aromatic rings. The second-order valence-corrected chi connectivity index (χ2v) is 5.91. The molecule has 0 heterocycles. The van der Waals surface area contributed by atoms with Gasteiger partial charge in [0.15, 0.2) is 0 Å². The highest BCUT2D eigenvalue weighted by atomic mass is 16.2. The molecule has 0 aliphatic rings. The molecule has 0 fully saturated rings. The number of hydrogen-bond donors (Lipinski definition) is 0. The Morgan fingerprint density at radius 1 is 1.24 bits per heavy atom. The number of carbonyl (C=O) groups is 1. The van der Waals surface area contributed by atoms with Gasteiger partial charge < -0.3 is 4.90 Å². The van der Waals surface area contributed by atoms with E-state index >= 15 is 0 Å². The number of aryl methyl sites for hydroxylation is 1. The number of benzene rings is 1. The third kappa shape index (κ3) is 4.59. The summed E-state index contributed by atoms with van der Waals surface area (Å²) in [7, 11) is 1.88. The zero-order valence-electron chi connectivity index (χ0n) is 11.6. The van der Waals surface area contributed by atoms with Crippen LogP contribution in [0, 0.1) is 12.3 Å². The highest BCUT2D eigenvalue weighted by Crippen LogP contribution is 2.15. The molecule has 0 saturated carbocycles. The van der Waals surface area contributed by atoms with Crippen molar-refractivity contribution >= 4 is 5.91 Å². The summed E-state index contributed by atoms with van der Waals surface area (Å²) in [5.41, 5.74) is 2.46. The van der Waals surface area contributed by atoms with Crippen LogP contribution in [-0.4, -0.2) is 24.4 Å². The Morgan fingerprint density at radius 3 is 2.35 bits per heavy atom. The summed E-state index contributed by atoms with van der Waals surface area (Å²) >= 11 is 0. The largest absolute Gasteiger partial charge is 0.345 e. The molecule has 1 rings (SSSR count). The van der Waals surface area contributed by atoms with Gasteiger partial charge in [0, 0.05) is 13.6 Å². The molecule has 0 aliphatic carbocycles. The number of carbonyl (C=O) groups excluding carboxylic acids is 1. The summed E-state index contributed by atoms with van der Waals surface area (Å²) in [6.45, 7) is 9.27. The highest BCUT2D eigenvalue weighted by Gasteiger charge is 2.18. The highest BCUT2D eigenvalue weighted by molar-refractivity contribution is 5.78. The lowest BCUT2D eigenvalue weighted by Gasteiger charge is -2.26. The van der Waals surface area contributed by atoms with Gasteiger partial charge in [-0.1, -0.05) is 45.0 Å². The standard InChI is InChI=1S/C15H23NO/c1-12-8-6-7-9-13(12)10-14(17)16(5)11-15(2,3)4/h6-9H,10-11H2,1-5H3. The van der Waals surface area contributed by atoms with E-state index in [1.807, 2.05) is 43.1 Å². The molecule has 0 aromatic heterocycles.